The highest BCUT2D eigenvalue weighted by atomic mass is 35.5. The van der Waals surface area contributed by atoms with Gasteiger partial charge in [0.15, 0.2) is 0 Å². The Balaban J connectivity index is 1.50. The lowest BCUT2D eigenvalue weighted by molar-refractivity contribution is -0.142. The molecule has 7 heteroatoms. The molecule has 5 rings (SSSR count). The normalized spacial score (nSPS) is 18.3. The van der Waals surface area contributed by atoms with E-state index in [1.807, 2.05) is 24.3 Å². The van der Waals surface area contributed by atoms with Gasteiger partial charge in [-0.3, -0.25) is 4.68 Å². The highest BCUT2D eigenvalue weighted by molar-refractivity contribution is 6.40. The first-order chi connectivity index (χ1) is 17.1. The van der Waals surface area contributed by atoms with Gasteiger partial charge in [-0.1, -0.05) is 48.0 Å². The number of ether oxygens (including phenoxy) is 1. The molecule has 4 aromatic rings. The molecule has 0 spiro atoms. The van der Waals surface area contributed by atoms with Gasteiger partial charge in [0.25, 0.3) is 0 Å². The van der Waals surface area contributed by atoms with Crippen molar-refractivity contribution in [3.63, 3.8) is 0 Å². The Morgan fingerprint density at radius 2 is 1.77 bits per heavy atom. The maximum Gasteiger partial charge on any atom is 0.329 e. The van der Waals surface area contributed by atoms with Crippen molar-refractivity contribution in [1.29, 1.82) is 5.26 Å². The van der Waals surface area contributed by atoms with Gasteiger partial charge in [-0.25, -0.2) is 4.79 Å². The van der Waals surface area contributed by atoms with Crippen LogP contribution in [-0.2, 0) is 22.5 Å². The third-order valence-electron chi connectivity index (χ3n) is 7.24. The summed E-state index contributed by atoms with van der Waals surface area (Å²) < 4.78 is 7.46. The maximum atomic E-state index is 10.7. The summed E-state index contributed by atoms with van der Waals surface area (Å²) in [6.45, 7) is 1.10. The number of nitriles is 1. The van der Waals surface area contributed by atoms with Gasteiger partial charge in [0, 0.05) is 46.3 Å². The van der Waals surface area contributed by atoms with Crippen molar-refractivity contribution in [3.8, 4) is 6.07 Å². The second-order valence-corrected chi connectivity index (χ2v) is 9.92. The summed E-state index contributed by atoms with van der Waals surface area (Å²) in [5, 5.41) is 29.4. The van der Waals surface area contributed by atoms with E-state index in [4.69, 9.17) is 26.5 Å². The smallest absolute Gasteiger partial charge is 0.329 e. The van der Waals surface area contributed by atoms with E-state index < -0.39 is 5.97 Å². The van der Waals surface area contributed by atoms with Crippen LogP contribution in [0.4, 0.5) is 0 Å². The van der Waals surface area contributed by atoms with E-state index in [0.717, 1.165) is 75.4 Å². The Morgan fingerprint density at radius 3 is 2.51 bits per heavy atom. The van der Waals surface area contributed by atoms with Crippen LogP contribution in [-0.4, -0.2) is 34.1 Å². The number of benzene rings is 3. The fourth-order valence-electron chi connectivity index (χ4n) is 5.60. The number of halogens is 1. The molecule has 1 aliphatic carbocycles. The van der Waals surface area contributed by atoms with E-state index in [1.165, 1.54) is 0 Å². The number of aromatic nitrogens is 2. The van der Waals surface area contributed by atoms with Crippen LogP contribution >= 0.6 is 11.6 Å². The van der Waals surface area contributed by atoms with Gasteiger partial charge in [-0.2, -0.15) is 10.4 Å². The summed E-state index contributed by atoms with van der Waals surface area (Å²) in [7, 11) is 0. The average Bonchev–Trinajstić information content (AvgIpc) is 3.22. The summed E-state index contributed by atoms with van der Waals surface area (Å²) in [5.41, 5.74) is 2.07. The lowest BCUT2D eigenvalue weighted by Gasteiger charge is -2.28. The van der Waals surface area contributed by atoms with Gasteiger partial charge in [-0.15, -0.1) is 0 Å². The van der Waals surface area contributed by atoms with Crippen LogP contribution in [0.3, 0.4) is 0 Å². The Hall–Kier alpha value is -3.14. The zero-order valence-corrected chi connectivity index (χ0v) is 20.3. The molecule has 0 unspecified atom stereocenters. The van der Waals surface area contributed by atoms with Crippen molar-refractivity contribution in [2.24, 2.45) is 11.8 Å². The van der Waals surface area contributed by atoms with Gasteiger partial charge < -0.3 is 9.84 Å². The third kappa shape index (κ3) is 4.71. The monoisotopic (exact) mass is 489 g/mol. The van der Waals surface area contributed by atoms with E-state index in [-0.39, 0.29) is 6.61 Å². The highest BCUT2D eigenvalue weighted by Gasteiger charge is 2.25. The predicted molar refractivity (Wildman–Crippen MR) is 138 cm³/mol. The van der Waals surface area contributed by atoms with Gasteiger partial charge >= 0.3 is 5.97 Å². The molecule has 0 radical (unpaired) electrons. The summed E-state index contributed by atoms with van der Waals surface area (Å²) in [6, 6.07) is 16.6. The molecule has 1 heterocycles. The minimum absolute atomic E-state index is 0.228. The first-order valence-corrected chi connectivity index (χ1v) is 12.6. The van der Waals surface area contributed by atoms with Crippen molar-refractivity contribution in [3.05, 3.63) is 53.2 Å². The van der Waals surface area contributed by atoms with Crippen LogP contribution in [0.1, 0.15) is 37.8 Å². The topological polar surface area (TPSA) is 88.1 Å². The summed E-state index contributed by atoms with van der Waals surface area (Å²) in [6.07, 6.45) is 5.25. The van der Waals surface area contributed by atoms with E-state index in [0.29, 0.717) is 31.3 Å². The van der Waals surface area contributed by atoms with Crippen molar-refractivity contribution >= 4 is 50.0 Å². The molecule has 180 valence electrons. The van der Waals surface area contributed by atoms with Crippen LogP contribution in [0.15, 0.2) is 42.5 Å². The molecule has 0 bridgehead atoms. The van der Waals surface area contributed by atoms with E-state index in [9.17, 15) is 10.1 Å². The van der Waals surface area contributed by atoms with Gasteiger partial charge in [0.1, 0.15) is 12.1 Å². The number of aryl methyl sites for hydroxylation is 1. The van der Waals surface area contributed by atoms with Crippen molar-refractivity contribution in [1.82, 2.24) is 9.78 Å². The number of carboxylic acids is 1. The van der Waals surface area contributed by atoms with Crippen LogP contribution in [0.25, 0.3) is 32.4 Å². The second-order valence-electron chi connectivity index (χ2n) is 9.51. The Bertz CT molecular complexity index is 1430. The van der Waals surface area contributed by atoms with E-state index in [2.05, 4.69) is 29.0 Å². The minimum atomic E-state index is -0.921. The standard InChI is InChI=1S/C28H28ClN3O3/c29-23-8-3-7-22-26(23)20-5-1-2-6-21(20)28-27(22)24(9-4-14-30)32(31-28)15-18-10-12-19(13-11-18)16-35-17-25(33)34/h1-3,5-8,18-19H,4,9-13,15-17H2,(H,33,34). The SMILES string of the molecule is N#CCCc1c2c3cccc(Cl)c3c3ccccc3c2nn1CC1CCC(COCC(=O)O)CC1. The van der Waals surface area contributed by atoms with Crippen molar-refractivity contribution in [2.45, 2.75) is 45.1 Å². The number of fused-ring (bicyclic) bond motifs is 6. The molecule has 0 amide bonds. The van der Waals surface area contributed by atoms with Crippen LogP contribution in [0, 0.1) is 23.2 Å². The molecule has 3 aromatic carbocycles. The number of rotatable bonds is 8. The molecule has 1 N–H and O–H groups in total. The van der Waals surface area contributed by atoms with E-state index in [1.54, 1.807) is 0 Å². The number of aliphatic carboxylic acids is 1. The second kappa shape index (κ2) is 10.2. The third-order valence-corrected chi connectivity index (χ3v) is 7.56. The summed E-state index contributed by atoms with van der Waals surface area (Å²) in [4.78, 5) is 10.7. The number of carbonyl (C=O) groups is 1. The van der Waals surface area contributed by atoms with Crippen molar-refractivity contribution in [2.75, 3.05) is 13.2 Å². The Labute approximate surface area is 209 Å². The lowest BCUT2D eigenvalue weighted by atomic mass is 9.82. The molecule has 0 aliphatic heterocycles. The fourth-order valence-corrected chi connectivity index (χ4v) is 5.88. The first kappa shape index (κ1) is 23.6. The highest BCUT2D eigenvalue weighted by Crippen LogP contribution is 2.40. The molecule has 1 aromatic heterocycles. The Kier molecular flexibility index (Phi) is 6.90. The number of carboxylic acid groups (broad SMARTS) is 1. The van der Waals surface area contributed by atoms with Gasteiger partial charge in [-0.05, 0) is 54.4 Å². The predicted octanol–water partition coefficient (Wildman–Crippen LogP) is 6.36. The lowest BCUT2D eigenvalue weighted by Crippen LogP contribution is -2.23. The molecule has 0 atom stereocenters. The van der Waals surface area contributed by atoms with Crippen LogP contribution < -0.4 is 0 Å². The molecular formula is C28H28ClN3O3. The van der Waals surface area contributed by atoms with Crippen LogP contribution in [0.2, 0.25) is 5.02 Å². The number of hydrogen-bond donors (Lipinski definition) is 1. The van der Waals surface area contributed by atoms with Crippen molar-refractivity contribution < 1.29 is 14.6 Å². The molecule has 35 heavy (non-hydrogen) atoms. The molecule has 0 saturated heterocycles. The zero-order chi connectivity index (χ0) is 24.4. The Morgan fingerprint density at radius 1 is 1.06 bits per heavy atom. The average molecular weight is 490 g/mol. The molecule has 6 nitrogen and oxygen atoms in total. The fraction of sp³-hybridized carbons (Fsp3) is 0.393. The molecule has 1 aliphatic rings. The molecule has 1 fully saturated rings. The van der Waals surface area contributed by atoms with Gasteiger partial charge in [0.05, 0.1) is 12.7 Å². The zero-order valence-electron chi connectivity index (χ0n) is 19.5. The maximum absolute atomic E-state index is 10.7. The number of nitrogens with zero attached hydrogens (tertiary/aromatic N) is 3. The molecule has 1 saturated carbocycles. The summed E-state index contributed by atoms with van der Waals surface area (Å²) >= 11 is 6.70. The quantitative estimate of drug-likeness (QED) is 0.291. The van der Waals surface area contributed by atoms with E-state index >= 15 is 0 Å². The largest absolute Gasteiger partial charge is 0.480 e. The molecular weight excluding hydrogens is 462 g/mol. The van der Waals surface area contributed by atoms with Crippen LogP contribution in [0.5, 0.6) is 0 Å². The number of hydrogen-bond acceptors (Lipinski definition) is 4. The van der Waals surface area contributed by atoms with Gasteiger partial charge in [0.2, 0.25) is 0 Å². The first-order valence-electron chi connectivity index (χ1n) is 12.2. The summed E-state index contributed by atoms with van der Waals surface area (Å²) in [5.74, 6) is -0.0203. The minimum Gasteiger partial charge on any atom is -0.480 e.